The minimum absolute atomic E-state index is 0.0543. The van der Waals surface area contributed by atoms with Gasteiger partial charge in [0, 0.05) is 12.2 Å². The Labute approximate surface area is 102 Å². The number of nitrogens with one attached hydrogen (secondary N) is 2. The van der Waals surface area contributed by atoms with E-state index in [1.807, 2.05) is 26.8 Å². The van der Waals surface area contributed by atoms with Crippen LogP contribution in [-0.4, -0.2) is 24.0 Å². The van der Waals surface area contributed by atoms with E-state index in [4.69, 9.17) is 5.73 Å². The molecule has 1 aromatic rings. The lowest BCUT2D eigenvalue weighted by Gasteiger charge is -2.10. The van der Waals surface area contributed by atoms with Crippen LogP contribution in [0.5, 0.6) is 0 Å². The number of hydrogen-bond donors (Lipinski definition) is 3. The van der Waals surface area contributed by atoms with Gasteiger partial charge in [0.15, 0.2) is 0 Å². The largest absolute Gasteiger partial charge is 0.396 e. The molecule has 0 aliphatic heterocycles. The number of aryl methyl sites for hydroxylation is 1. The van der Waals surface area contributed by atoms with E-state index in [9.17, 15) is 4.79 Å². The molecular weight excluding hydrogens is 216 g/mol. The van der Waals surface area contributed by atoms with Crippen molar-refractivity contribution in [1.82, 2.24) is 10.3 Å². The maximum atomic E-state index is 11.5. The van der Waals surface area contributed by atoms with Crippen LogP contribution in [0.1, 0.15) is 19.5 Å². The summed E-state index contributed by atoms with van der Waals surface area (Å²) in [5.74, 6) is 0.951. The fourth-order valence-corrected chi connectivity index (χ4v) is 1.25. The average molecular weight is 236 g/mol. The van der Waals surface area contributed by atoms with Gasteiger partial charge in [-0.25, -0.2) is 4.98 Å². The summed E-state index contributed by atoms with van der Waals surface area (Å²) in [6.45, 7) is 6.84. The van der Waals surface area contributed by atoms with Crippen LogP contribution >= 0.6 is 0 Å². The van der Waals surface area contributed by atoms with Crippen LogP contribution in [0.2, 0.25) is 0 Å². The van der Waals surface area contributed by atoms with E-state index in [-0.39, 0.29) is 12.5 Å². The Balaban J connectivity index is 2.44. The summed E-state index contributed by atoms with van der Waals surface area (Å²) in [4.78, 5) is 15.7. The van der Waals surface area contributed by atoms with Gasteiger partial charge in [-0.15, -0.1) is 0 Å². The Bertz CT molecular complexity index is 390. The molecule has 1 aromatic heterocycles. The Morgan fingerprint density at radius 2 is 2.18 bits per heavy atom. The Morgan fingerprint density at radius 3 is 2.82 bits per heavy atom. The predicted molar refractivity (Wildman–Crippen MR) is 69.7 cm³/mol. The van der Waals surface area contributed by atoms with E-state index in [2.05, 4.69) is 15.6 Å². The average Bonchev–Trinajstić information content (AvgIpc) is 2.27. The molecule has 5 heteroatoms. The summed E-state index contributed by atoms with van der Waals surface area (Å²) < 4.78 is 0. The molecule has 1 amide bonds. The number of carbonyl (C=O) groups excluding carboxylic acids is 1. The van der Waals surface area contributed by atoms with Gasteiger partial charge in [0.2, 0.25) is 5.91 Å². The first kappa shape index (κ1) is 13.3. The standard InChI is InChI=1S/C12H20N4O/c1-8(2)6-14-11(17)7-15-12-10(13)5-4-9(3)16-12/h4-5,8H,6-7,13H2,1-3H3,(H,14,17)(H,15,16). The summed E-state index contributed by atoms with van der Waals surface area (Å²) in [6.07, 6.45) is 0. The van der Waals surface area contributed by atoms with Gasteiger partial charge in [-0.05, 0) is 25.0 Å². The summed E-state index contributed by atoms with van der Waals surface area (Å²) in [6, 6.07) is 3.61. The third-order valence-electron chi connectivity index (χ3n) is 2.19. The molecule has 0 bridgehead atoms. The molecule has 0 fully saturated rings. The van der Waals surface area contributed by atoms with Crippen LogP contribution in [0.25, 0.3) is 0 Å². The van der Waals surface area contributed by atoms with E-state index in [1.54, 1.807) is 6.07 Å². The molecule has 4 N–H and O–H groups in total. The number of carbonyl (C=O) groups is 1. The Morgan fingerprint density at radius 1 is 1.47 bits per heavy atom. The van der Waals surface area contributed by atoms with Gasteiger partial charge in [0.1, 0.15) is 5.82 Å². The van der Waals surface area contributed by atoms with Crippen molar-refractivity contribution in [2.45, 2.75) is 20.8 Å². The maximum absolute atomic E-state index is 11.5. The lowest BCUT2D eigenvalue weighted by Crippen LogP contribution is -2.32. The number of nitrogens with zero attached hydrogens (tertiary/aromatic N) is 1. The molecule has 0 spiro atoms. The van der Waals surface area contributed by atoms with Crippen molar-refractivity contribution < 1.29 is 4.79 Å². The van der Waals surface area contributed by atoms with E-state index < -0.39 is 0 Å². The number of nitrogen functional groups attached to an aromatic ring is 1. The van der Waals surface area contributed by atoms with Gasteiger partial charge in [-0.2, -0.15) is 0 Å². The van der Waals surface area contributed by atoms with Crippen molar-refractivity contribution in [1.29, 1.82) is 0 Å². The fraction of sp³-hybridized carbons (Fsp3) is 0.500. The number of hydrogen-bond acceptors (Lipinski definition) is 4. The maximum Gasteiger partial charge on any atom is 0.239 e. The lowest BCUT2D eigenvalue weighted by atomic mass is 10.2. The molecule has 0 aromatic carbocycles. The highest BCUT2D eigenvalue weighted by molar-refractivity contribution is 5.81. The molecule has 0 aliphatic carbocycles. The number of pyridine rings is 1. The second-order valence-corrected chi connectivity index (χ2v) is 4.44. The highest BCUT2D eigenvalue weighted by atomic mass is 16.1. The smallest absolute Gasteiger partial charge is 0.239 e. The normalized spacial score (nSPS) is 10.4. The zero-order chi connectivity index (χ0) is 12.8. The zero-order valence-electron chi connectivity index (χ0n) is 10.6. The highest BCUT2D eigenvalue weighted by Crippen LogP contribution is 2.14. The minimum atomic E-state index is -0.0543. The summed E-state index contributed by atoms with van der Waals surface area (Å²) in [7, 11) is 0. The van der Waals surface area contributed by atoms with E-state index in [0.717, 1.165) is 5.69 Å². The molecule has 0 saturated heterocycles. The number of amides is 1. The minimum Gasteiger partial charge on any atom is -0.396 e. The SMILES string of the molecule is Cc1ccc(N)c(NCC(=O)NCC(C)C)n1. The number of nitrogens with two attached hydrogens (primary N) is 1. The fourth-order valence-electron chi connectivity index (χ4n) is 1.25. The van der Waals surface area contributed by atoms with E-state index in [1.165, 1.54) is 0 Å². The third kappa shape index (κ3) is 4.72. The first-order chi connectivity index (χ1) is 7.99. The van der Waals surface area contributed by atoms with Gasteiger partial charge in [0.05, 0.1) is 12.2 Å². The second-order valence-electron chi connectivity index (χ2n) is 4.44. The van der Waals surface area contributed by atoms with E-state index in [0.29, 0.717) is 24.0 Å². The second kappa shape index (κ2) is 6.08. The van der Waals surface area contributed by atoms with Crippen molar-refractivity contribution in [3.05, 3.63) is 17.8 Å². The molecule has 0 atom stereocenters. The van der Waals surface area contributed by atoms with Crippen LogP contribution in [0.3, 0.4) is 0 Å². The van der Waals surface area contributed by atoms with Crippen molar-refractivity contribution in [3.8, 4) is 0 Å². The van der Waals surface area contributed by atoms with Gasteiger partial charge in [0.25, 0.3) is 0 Å². The Kier molecular flexibility index (Phi) is 4.75. The van der Waals surface area contributed by atoms with Crippen LogP contribution in [0.15, 0.2) is 12.1 Å². The van der Waals surface area contributed by atoms with Crippen LogP contribution in [0.4, 0.5) is 11.5 Å². The van der Waals surface area contributed by atoms with Crippen molar-refractivity contribution in [2.24, 2.45) is 5.92 Å². The topological polar surface area (TPSA) is 80.0 Å². The van der Waals surface area contributed by atoms with Crippen LogP contribution < -0.4 is 16.4 Å². The van der Waals surface area contributed by atoms with Crippen molar-refractivity contribution >= 4 is 17.4 Å². The molecule has 0 aliphatic rings. The molecule has 1 heterocycles. The van der Waals surface area contributed by atoms with Gasteiger partial charge >= 0.3 is 0 Å². The Hall–Kier alpha value is -1.78. The van der Waals surface area contributed by atoms with Gasteiger partial charge in [-0.3, -0.25) is 4.79 Å². The molecule has 5 nitrogen and oxygen atoms in total. The number of aromatic nitrogens is 1. The van der Waals surface area contributed by atoms with Crippen LogP contribution in [0, 0.1) is 12.8 Å². The third-order valence-corrected chi connectivity index (χ3v) is 2.19. The monoisotopic (exact) mass is 236 g/mol. The molecule has 0 unspecified atom stereocenters. The highest BCUT2D eigenvalue weighted by Gasteiger charge is 2.05. The molecule has 1 rings (SSSR count). The predicted octanol–water partition coefficient (Wildman–Crippen LogP) is 1.16. The summed E-state index contributed by atoms with van der Waals surface area (Å²) in [5, 5.41) is 5.75. The van der Waals surface area contributed by atoms with Gasteiger partial charge < -0.3 is 16.4 Å². The van der Waals surface area contributed by atoms with Crippen LogP contribution in [-0.2, 0) is 4.79 Å². The van der Waals surface area contributed by atoms with Crippen molar-refractivity contribution in [2.75, 3.05) is 24.1 Å². The summed E-state index contributed by atoms with van der Waals surface area (Å²) in [5.41, 5.74) is 7.15. The number of anilines is 2. The molecular formula is C12H20N4O. The molecule has 0 radical (unpaired) electrons. The zero-order valence-corrected chi connectivity index (χ0v) is 10.6. The molecule has 94 valence electrons. The molecule has 17 heavy (non-hydrogen) atoms. The van der Waals surface area contributed by atoms with Gasteiger partial charge in [-0.1, -0.05) is 13.8 Å². The molecule has 0 saturated carbocycles. The van der Waals surface area contributed by atoms with E-state index >= 15 is 0 Å². The first-order valence-electron chi connectivity index (χ1n) is 5.72. The lowest BCUT2D eigenvalue weighted by molar-refractivity contribution is -0.119. The summed E-state index contributed by atoms with van der Waals surface area (Å²) >= 11 is 0. The first-order valence-corrected chi connectivity index (χ1v) is 5.72. The van der Waals surface area contributed by atoms with Crippen molar-refractivity contribution in [3.63, 3.8) is 0 Å². The number of rotatable bonds is 5. The quantitative estimate of drug-likeness (QED) is 0.716.